The summed E-state index contributed by atoms with van der Waals surface area (Å²) in [6, 6.07) is 7.46. The van der Waals surface area contributed by atoms with Gasteiger partial charge in [0.2, 0.25) is 5.91 Å². The fourth-order valence-corrected chi connectivity index (χ4v) is 2.25. The number of hydrogen-bond acceptors (Lipinski definition) is 5. The van der Waals surface area contributed by atoms with E-state index in [9.17, 15) is 4.79 Å². The van der Waals surface area contributed by atoms with Crippen molar-refractivity contribution in [1.82, 2.24) is 15.2 Å². The molecule has 0 aliphatic heterocycles. The molecule has 7 heteroatoms. The van der Waals surface area contributed by atoms with E-state index in [2.05, 4.69) is 20.5 Å². The number of nitrogens with one attached hydrogen (secondary N) is 2. The van der Waals surface area contributed by atoms with Gasteiger partial charge >= 0.3 is 0 Å². The van der Waals surface area contributed by atoms with Crippen LogP contribution in [0.3, 0.4) is 0 Å². The molecule has 1 atom stereocenters. The van der Waals surface area contributed by atoms with Crippen molar-refractivity contribution >= 4 is 23.4 Å². The highest BCUT2D eigenvalue weighted by atomic mass is 32.2. The predicted molar refractivity (Wildman–Crippen MR) is 78.5 cm³/mol. The average molecular weight is 291 g/mol. The quantitative estimate of drug-likeness (QED) is 0.756. The second-order valence-corrected chi connectivity index (χ2v) is 5.40. The molecular weight excluding hydrogens is 274 g/mol. The molecule has 20 heavy (non-hydrogen) atoms. The molecule has 0 aliphatic carbocycles. The lowest BCUT2D eigenvalue weighted by molar-refractivity contribution is -0.116. The van der Waals surface area contributed by atoms with Crippen molar-refractivity contribution in [2.75, 3.05) is 5.32 Å². The van der Waals surface area contributed by atoms with E-state index in [0.29, 0.717) is 6.42 Å². The van der Waals surface area contributed by atoms with Crippen LogP contribution in [0.4, 0.5) is 5.69 Å². The molecule has 1 aromatic heterocycles. The maximum absolute atomic E-state index is 11.7. The van der Waals surface area contributed by atoms with Crippen LogP contribution in [0.2, 0.25) is 0 Å². The third-order valence-electron chi connectivity index (χ3n) is 2.72. The molecule has 2 aromatic rings. The van der Waals surface area contributed by atoms with Gasteiger partial charge in [-0.15, -0.1) is 0 Å². The molecule has 0 saturated heterocycles. The van der Waals surface area contributed by atoms with E-state index in [0.717, 1.165) is 22.2 Å². The summed E-state index contributed by atoms with van der Waals surface area (Å²) in [4.78, 5) is 16.8. The maximum Gasteiger partial charge on any atom is 0.225 e. The van der Waals surface area contributed by atoms with Gasteiger partial charge in [0, 0.05) is 23.0 Å². The monoisotopic (exact) mass is 291 g/mol. The Morgan fingerprint density at radius 3 is 2.80 bits per heavy atom. The van der Waals surface area contributed by atoms with Gasteiger partial charge in [-0.1, -0.05) is 18.7 Å². The van der Waals surface area contributed by atoms with Gasteiger partial charge in [-0.25, -0.2) is 4.98 Å². The summed E-state index contributed by atoms with van der Waals surface area (Å²) in [7, 11) is 0. The van der Waals surface area contributed by atoms with Crippen molar-refractivity contribution in [2.45, 2.75) is 35.9 Å². The van der Waals surface area contributed by atoms with Crippen molar-refractivity contribution in [1.29, 1.82) is 0 Å². The molecule has 106 valence electrons. The van der Waals surface area contributed by atoms with Crippen LogP contribution in [-0.4, -0.2) is 27.1 Å². The lowest BCUT2D eigenvalue weighted by Crippen LogP contribution is -2.26. The molecule has 0 radical (unpaired) electrons. The van der Waals surface area contributed by atoms with E-state index in [1.54, 1.807) is 0 Å². The summed E-state index contributed by atoms with van der Waals surface area (Å²) in [6.07, 6.45) is 2.60. The first-order chi connectivity index (χ1) is 9.67. The zero-order chi connectivity index (χ0) is 14.4. The maximum atomic E-state index is 11.7. The smallest absolute Gasteiger partial charge is 0.225 e. The number of nitrogens with two attached hydrogens (primary N) is 1. The first-order valence-corrected chi connectivity index (χ1v) is 7.17. The molecule has 0 fully saturated rings. The molecule has 0 bridgehead atoms. The number of hydrogen-bond donors (Lipinski definition) is 3. The SMILES string of the molecule is CCC(N)CC(=O)Nc1ccc(Sc2ncn[nH]2)cc1. The normalized spacial score (nSPS) is 12.1. The zero-order valence-corrected chi connectivity index (χ0v) is 12.0. The standard InChI is InChI=1S/C13H17N5OS/c1-2-9(14)7-12(19)17-10-3-5-11(6-4-10)20-13-15-8-16-18-13/h3-6,8-9H,2,7,14H2,1H3,(H,17,19)(H,15,16,18). The number of carbonyl (C=O) groups is 1. The van der Waals surface area contributed by atoms with Crippen molar-refractivity contribution in [3.8, 4) is 0 Å². The van der Waals surface area contributed by atoms with Gasteiger partial charge in [-0.3, -0.25) is 9.89 Å². The van der Waals surface area contributed by atoms with Crippen LogP contribution >= 0.6 is 11.8 Å². The number of aromatic nitrogens is 3. The second-order valence-electron chi connectivity index (χ2n) is 4.34. The Bertz CT molecular complexity index is 540. The topological polar surface area (TPSA) is 96.7 Å². The van der Waals surface area contributed by atoms with Crippen LogP contribution in [0, 0.1) is 0 Å². The number of anilines is 1. The lowest BCUT2D eigenvalue weighted by Gasteiger charge is -2.09. The molecule has 0 aliphatic rings. The fraction of sp³-hybridized carbons (Fsp3) is 0.308. The van der Waals surface area contributed by atoms with Gasteiger partial charge in [0.05, 0.1) is 0 Å². The molecule has 4 N–H and O–H groups in total. The van der Waals surface area contributed by atoms with Crippen molar-refractivity contribution < 1.29 is 4.79 Å². The van der Waals surface area contributed by atoms with Gasteiger partial charge in [0.1, 0.15) is 6.33 Å². The number of rotatable bonds is 6. The molecule has 6 nitrogen and oxygen atoms in total. The van der Waals surface area contributed by atoms with Crippen LogP contribution in [0.5, 0.6) is 0 Å². The molecule has 1 aromatic carbocycles. The zero-order valence-electron chi connectivity index (χ0n) is 11.2. The summed E-state index contributed by atoms with van der Waals surface area (Å²) in [5, 5.41) is 10.1. The Morgan fingerprint density at radius 2 is 2.20 bits per heavy atom. The van der Waals surface area contributed by atoms with Crippen molar-refractivity contribution in [3.63, 3.8) is 0 Å². The van der Waals surface area contributed by atoms with Crippen molar-refractivity contribution in [3.05, 3.63) is 30.6 Å². The summed E-state index contributed by atoms with van der Waals surface area (Å²) in [5.74, 6) is -0.0602. The van der Waals surface area contributed by atoms with E-state index in [-0.39, 0.29) is 11.9 Å². The van der Waals surface area contributed by atoms with E-state index < -0.39 is 0 Å². The Morgan fingerprint density at radius 1 is 1.45 bits per heavy atom. The minimum atomic E-state index is -0.0868. The highest BCUT2D eigenvalue weighted by Crippen LogP contribution is 2.25. The van der Waals surface area contributed by atoms with Gasteiger partial charge in [0.15, 0.2) is 5.16 Å². The van der Waals surface area contributed by atoms with Gasteiger partial charge < -0.3 is 11.1 Å². The van der Waals surface area contributed by atoms with Gasteiger partial charge in [-0.05, 0) is 30.7 Å². The van der Waals surface area contributed by atoms with Crippen LogP contribution in [-0.2, 0) is 4.79 Å². The van der Waals surface area contributed by atoms with Crippen LogP contribution < -0.4 is 11.1 Å². The van der Waals surface area contributed by atoms with Crippen LogP contribution in [0.25, 0.3) is 0 Å². The number of nitrogens with zero attached hydrogens (tertiary/aromatic N) is 2. The largest absolute Gasteiger partial charge is 0.327 e. The predicted octanol–water partition coefficient (Wildman–Crippen LogP) is 2.02. The number of H-pyrrole nitrogens is 1. The van der Waals surface area contributed by atoms with Crippen LogP contribution in [0.1, 0.15) is 19.8 Å². The first-order valence-electron chi connectivity index (χ1n) is 6.36. The molecule has 2 rings (SSSR count). The van der Waals surface area contributed by atoms with E-state index in [1.807, 2.05) is 31.2 Å². The second kappa shape index (κ2) is 7.06. The molecule has 0 saturated carbocycles. The molecule has 0 spiro atoms. The number of carbonyl (C=O) groups excluding carboxylic acids is 1. The number of amides is 1. The first kappa shape index (κ1) is 14.5. The third kappa shape index (κ3) is 4.36. The summed E-state index contributed by atoms with van der Waals surface area (Å²) < 4.78 is 0. The number of benzene rings is 1. The van der Waals surface area contributed by atoms with Crippen LogP contribution in [0.15, 0.2) is 40.6 Å². The van der Waals surface area contributed by atoms with Gasteiger partial charge in [-0.2, -0.15) is 5.10 Å². The molecule has 1 heterocycles. The van der Waals surface area contributed by atoms with Crippen molar-refractivity contribution in [2.24, 2.45) is 5.73 Å². The minimum Gasteiger partial charge on any atom is -0.327 e. The summed E-state index contributed by atoms with van der Waals surface area (Å²) >= 11 is 1.47. The summed E-state index contributed by atoms with van der Waals surface area (Å²) in [5.41, 5.74) is 6.51. The van der Waals surface area contributed by atoms with Gasteiger partial charge in [0.25, 0.3) is 0 Å². The average Bonchev–Trinajstić information content (AvgIpc) is 2.93. The van der Waals surface area contributed by atoms with E-state index in [4.69, 9.17) is 5.73 Å². The third-order valence-corrected chi connectivity index (χ3v) is 3.62. The Labute approximate surface area is 121 Å². The minimum absolute atomic E-state index is 0.0602. The Hall–Kier alpha value is -1.86. The molecule has 1 unspecified atom stereocenters. The lowest BCUT2D eigenvalue weighted by atomic mass is 10.1. The molecular formula is C13H17N5OS. The number of aromatic amines is 1. The summed E-state index contributed by atoms with van der Waals surface area (Å²) in [6.45, 7) is 1.97. The van der Waals surface area contributed by atoms with E-state index >= 15 is 0 Å². The Balaban J connectivity index is 1.89. The Kier molecular flexibility index (Phi) is 5.14. The fourth-order valence-electron chi connectivity index (χ4n) is 1.56. The highest BCUT2D eigenvalue weighted by Gasteiger charge is 2.08. The molecule has 1 amide bonds. The highest BCUT2D eigenvalue weighted by molar-refractivity contribution is 7.99. The van der Waals surface area contributed by atoms with E-state index in [1.165, 1.54) is 18.1 Å².